The van der Waals surface area contributed by atoms with Gasteiger partial charge in [-0.25, -0.2) is 4.79 Å². The Hall–Kier alpha value is -2.56. The van der Waals surface area contributed by atoms with Crippen molar-refractivity contribution in [2.75, 3.05) is 6.61 Å². The molecule has 0 saturated carbocycles. The van der Waals surface area contributed by atoms with Crippen LogP contribution in [0, 0.1) is 0 Å². The molecule has 0 bridgehead atoms. The molecule has 0 fully saturated rings. The number of rotatable bonds is 5. The number of aliphatic carboxylic acids is 1. The van der Waals surface area contributed by atoms with Crippen molar-refractivity contribution in [2.45, 2.75) is 6.92 Å². The first kappa shape index (κ1) is 12.9. The van der Waals surface area contributed by atoms with Gasteiger partial charge in [0.2, 0.25) is 0 Å². The van der Waals surface area contributed by atoms with Crippen LogP contribution in [0.2, 0.25) is 0 Å². The van der Waals surface area contributed by atoms with Crippen molar-refractivity contribution < 1.29 is 19.4 Å². The molecule has 2 rings (SSSR count). The number of aromatic nitrogens is 1. The summed E-state index contributed by atoms with van der Waals surface area (Å²) in [6.45, 7) is 2.42. The Bertz CT molecular complexity index is 655. The first-order chi connectivity index (χ1) is 9.11. The van der Waals surface area contributed by atoms with Crippen LogP contribution in [-0.4, -0.2) is 28.4 Å². The monoisotopic (exact) mass is 259 g/mol. The molecule has 0 aliphatic rings. The van der Waals surface area contributed by atoms with Crippen LogP contribution in [0.15, 0.2) is 36.5 Å². The highest BCUT2D eigenvalue weighted by atomic mass is 16.5. The summed E-state index contributed by atoms with van der Waals surface area (Å²) in [5.41, 5.74) is 1.23. The third-order valence-electron chi connectivity index (χ3n) is 2.61. The lowest BCUT2D eigenvalue weighted by Gasteiger charge is -2.02. The molecule has 0 aliphatic heterocycles. The standard InChI is InChI=1S/C14H13NO4/c1-2-19-9-3-4-12-10(7-9)11(8-15-12)13(16)5-6-14(17)18/h3-8,15H,2H2,1H3,(H,17,18)/b6-5+. The third kappa shape index (κ3) is 2.82. The van der Waals surface area contributed by atoms with Crippen LogP contribution >= 0.6 is 0 Å². The van der Waals surface area contributed by atoms with E-state index in [1.54, 1.807) is 12.3 Å². The number of ketones is 1. The zero-order valence-electron chi connectivity index (χ0n) is 10.3. The lowest BCUT2D eigenvalue weighted by Crippen LogP contribution is -1.96. The zero-order chi connectivity index (χ0) is 13.8. The van der Waals surface area contributed by atoms with E-state index in [9.17, 15) is 9.59 Å². The van der Waals surface area contributed by atoms with E-state index in [2.05, 4.69) is 4.98 Å². The Morgan fingerprint density at radius 1 is 1.37 bits per heavy atom. The van der Waals surface area contributed by atoms with E-state index < -0.39 is 5.97 Å². The molecule has 0 amide bonds. The van der Waals surface area contributed by atoms with Gasteiger partial charge in [-0.2, -0.15) is 0 Å². The Morgan fingerprint density at radius 2 is 2.16 bits per heavy atom. The zero-order valence-corrected chi connectivity index (χ0v) is 10.3. The van der Waals surface area contributed by atoms with Crippen LogP contribution in [0.3, 0.4) is 0 Å². The van der Waals surface area contributed by atoms with E-state index in [1.807, 2.05) is 19.1 Å². The summed E-state index contributed by atoms with van der Waals surface area (Å²) in [5, 5.41) is 9.23. The predicted octanol–water partition coefficient (Wildman–Crippen LogP) is 2.39. The Morgan fingerprint density at radius 3 is 2.84 bits per heavy atom. The van der Waals surface area contributed by atoms with Crippen LogP contribution in [0.4, 0.5) is 0 Å². The smallest absolute Gasteiger partial charge is 0.328 e. The van der Waals surface area contributed by atoms with Gasteiger partial charge in [0, 0.05) is 28.7 Å². The Balaban J connectivity index is 2.40. The molecule has 2 aromatic rings. The number of hydrogen-bond acceptors (Lipinski definition) is 3. The van der Waals surface area contributed by atoms with Crippen molar-refractivity contribution in [1.82, 2.24) is 4.98 Å². The highest BCUT2D eigenvalue weighted by Crippen LogP contribution is 2.24. The van der Waals surface area contributed by atoms with Gasteiger partial charge in [0.25, 0.3) is 0 Å². The lowest BCUT2D eigenvalue weighted by atomic mass is 10.1. The molecule has 0 unspecified atom stereocenters. The molecular formula is C14H13NO4. The van der Waals surface area contributed by atoms with E-state index in [-0.39, 0.29) is 5.78 Å². The minimum atomic E-state index is -1.15. The van der Waals surface area contributed by atoms with Crippen LogP contribution in [0.25, 0.3) is 10.9 Å². The molecule has 19 heavy (non-hydrogen) atoms. The highest BCUT2D eigenvalue weighted by Gasteiger charge is 2.10. The van der Waals surface area contributed by atoms with E-state index in [1.165, 1.54) is 0 Å². The first-order valence-corrected chi connectivity index (χ1v) is 5.81. The number of carbonyl (C=O) groups is 2. The minimum absolute atomic E-state index is 0.359. The first-order valence-electron chi connectivity index (χ1n) is 5.81. The van der Waals surface area contributed by atoms with Crippen molar-refractivity contribution in [3.63, 3.8) is 0 Å². The maximum absolute atomic E-state index is 11.9. The quantitative estimate of drug-likeness (QED) is 0.638. The number of allylic oxidation sites excluding steroid dienone is 1. The summed E-state index contributed by atoms with van der Waals surface area (Å²) in [4.78, 5) is 25.3. The highest BCUT2D eigenvalue weighted by molar-refractivity contribution is 6.14. The number of carbonyl (C=O) groups excluding carboxylic acids is 1. The minimum Gasteiger partial charge on any atom is -0.494 e. The molecule has 0 saturated heterocycles. The molecule has 98 valence electrons. The number of H-pyrrole nitrogens is 1. The van der Waals surface area contributed by atoms with Gasteiger partial charge in [-0.15, -0.1) is 0 Å². The molecule has 0 atom stereocenters. The third-order valence-corrected chi connectivity index (χ3v) is 2.61. The fourth-order valence-electron chi connectivity index (χ4n) is 1.80. The summed E-state index contributed by atoms with van der Waals surface area (Å²) in [5.74, 6) is -0.837. The average Bonchev–Trinajstić information content (AvgIpc) is 2.79. The summed E-state index contributed by atoms with van der Waals surface area (Å²) in [7, 11) is 0. The fraction of sp³-hybridized carbons (Fsp3) is 0.143. The molecular weight excluding hydrogens is 246 g/mol. The molecule has 0 radical (unpaired) electrons. The number of aromatic amines is 1. The van der Waals surface area contributed by atoms with E-state index >= 15 is 0 Å². The molecule has 5 heteroatoms. The molecule has 0 spiro atoms. The van der Waals surface area contributed by atoms with E-state index in [0.29, 0.717) is 23.3 Å². The summed E-state index contributed by atoms with van der Waals surface area (Å²) < 4.78 is 5.38. The van der Waals surface area contributed by atoms with Gasteiger partial charge in [0.15, 0.2) is 5.78 Å². The maximum atomic E-state index is 11.9. The van der Waals surface area contributed by atoms with Crippen molar-refractivity contribution in [3.8, 4) is 5.75 Å². The summed E-state index contributed by atoms with van der Waals surface area (Å²) >= 11 is 0. The average molecular weight is 259 g/mol. The van der Waals surface area contributed by atoms with Gasteiger partial charge in [-0.1, -0.05) is 0 Å². The number of carboxylic acid groups (broad SMARTS) is 1. The number of carboxylic acids is 1. The van der Waals surface area contributed by atoms with Gasteiger partial charge in [-0.3, -0.25) is 4.79 Å². The molecule has 1 aromatic carbocycles. The number of benzene rings is 1. The van der Waals surface area contributed by atoms with Crippen LogP contribution in [-0.2, 0) is 4.79 Å². The molecule has 0 aliphatic carbocycles. The van der Waals surface area contributed by atoms with Crippen molar-refractivity contribution >= 4 is 22.7 Å². The second-order valence-electron chi connectivity index (χ2n) is 3.88. The molecule has 1 aromatic heterocycles. The number of ether oxygens (including phenoxy) is 1. The SMILES string of the molecule is CCOc1ccc2[nH]cc(C(=O)/C=C/C(=O)O)c2c1. The largest absolute Gasteiger partial charge is 0.494 e. The van der Waals surface area contributed by atoms with E-state index in [4.69, 9.17) is 9.84 Å². The lowest BCUT2D eigenvalue weighted by molar-refractivity contribution is -0.131. The van der Waals surface area contributed by atoms with Crippen molar-refractivity contribution in [1.29, 1.82) is 0 Å². The second kappa shape index (κ2) is 5.39. The van der Waals surface area contributed by atoms with Crippen molar-refractivity contribution in [2.24, 2.45) is 0 Å². The van der Waals surface area contributed by atoms with Crippen LogP contribution < -0.4 is 4.74 Å². The summed E-state index contributed by atoms with van der Waals surface area (Å²) in [6.07, 6.45) is 3.43. The molecule has 2 N–H and O–H groups in total. The van der Waals surface area contributed by atoms with Gasteiger partial charge in [0.05, 0.1) is 6.61 Å². The normalized spacial score (nSPS) is 11.0. The topological polar surface area (TPSA) is 79.4 Å². The van der Waals surface area contributed by atoms with Gasteiger partial charge in [-0.05, 0) is 31.2 Å². The molecule has 1 heterocycles. The predicted molar refractivity (Wildman–Crippen MR) is 70.6 cm³/mol. The Labute approximate surface area is 109 Å². The van der Waals surface area contributed by atoms with E-state index in [0.717, 1.165) is 17.7 Å². The maximum Gasteiger partial charge on any atom is 0.328 e. The second-order valence-corrected chi connectivity index (χ2v) is 3.88. The van der Waals surface area contributed by atoms with Crippen LogP contribution in [0.1, 0.15) is 17.3 Å². The summed E-state index contributed by atoms with van der Waals surface area (Å²) in [6, 6.07) is 5.39. The van der Waals surface area contributed by atoms with Gasteiger partial charge in [0.1, 0.15) is 5.75 Å². The fourth-order valence-corrected chi connectivity index (χ4v) is 1.80. The van der Waals surface area contributed by atoms with Gasteiger partial charge < -0.3 is 14.8 Å². The Kier molecular flexibility index (Phi) is 3.66. The van der Waals surface area contributed by atoms with Crippen LogP contribution in [0.5, 0.6) is 5.75 Å². The molecule has 5 nitrogen and oxygen atoms in total. The number of fused-ring (bicyclic) bond motifs is 1. The number of nitrogens with one attached hydrogen (secondary N) is 1. The number of hydrogen-bond donors (Lipinski definition) is 2. The van der Waals surface area contributed by atoms with Crippen molar-refractivity contribution in [3.05, 3.63) is 42.1 Å². The van der Waals surface area contributed by atoms with Gasteiger partial charge >= 0.3 is 5.97 Å².